The van der Waals surface area contributed by atoms with Crippen molar-refractivity contribution in [2.24, 2.45) is 5.41 Å². The van der Waals surface area contributed by atoms with Crippen LogP contribution < -0.4 is 0 Å². The van der Waals surface area contributed by atoms with E-state index in [-0.39, 0.29) is 17.1 Å². The highest BCUT2D eigenvalue weighted by atomic mass is 19.1. The van der Waals surface area contributed by atoms with Crippen molar-refractivity contribution < 1.29 is 14.3 Å². The van der Waals surface area contributed by atoms with E-state index in [0.717, 1.165) is 51.6 Å². The predicted molar refractivity (Wildman–Crippen MR) is 95.9 cm³/mol. The lowest BCUT2D eigenvalue weighted by Gasteiger charge is -2.48. The van der Waals surface area contributed by atoms with E-state index in [9.17, 15) is 14.3 Å². The number of halogens is 1. The van der Waals surface area contributed by atoms with Gasteiger partial charge in [-0.25, -0.2) is 4.39 Å². The number of likely N-dealkylation sites (N-methyl/N-ethyl adjacent to an activating group) is 1. The molecule has 3 rings (SSSR count). The van der Waals surface area contributed by atoms with Crippen molar-refractivity contribution in [1.82, 2.24) is 9.80 Å². The molecular formula is C20H29FN2O2. The van der Waals surface area contributed by atoms with Crippen LogP contribution in [0, 0.1) is 11.2 Å². The molecule has 1 spiro atoms. The van der Waals surface area contributed by atoms with Crippen LogP contribution in [0.25, 0.3) is 0 Å². The second kappa shape index (κ2) is 7.04. The molecule has 0 aromatic heterocycles. The minimum atomic E-state index is -0.566. The second-order valence-corrected chi connectivity index (χ2v) is 8.26. The first-order valence-corrected chi connectivity index (χ1v) is 9.23. The first-order chi connectivity index (χ1) is 11.8. The molecule has 1 saturated heterocycles. The van der Waals surface area contributed by atoms with E-state index in [1.54, 1.807) is 12.1 Å². The maximum absolute atomic E-state index is 13.3. The van der Waals surface area contributed by atoms with E-state index in [2.05, 4.69) is 4.90 Å². The van der Waals surface area contributed by atoms with Gasteiger partial charge in [-0.2, -0.15) is 0 Å². The van der Waals surface area contributed by atoms with Gasteiger partial charge in [0.15, 0.2) is 0 Å². The van der Waals surface area contributed by atoms with Gasteiger partial charge in [0.1, 0.15) is 5.82 Å². The number of piperidine rings is 1. The third-order valence-electron chi connectivity index (χ3n) is 6.03. The first kappa shape index (κ1) is 18.3. The third kappa shape index (κ3) is 4.21. The number of nitrogens with zero attached hydrogens (tertiary/aromatic N) is 2. The summed E-state index contributed by atoms with van der Waals surface area (Å²) in [6.07, 6.45) is 5.68. The molecule has 2 aliphatic rings. The Morgan fingerprint density at radius 1 is 1.16 bits per heavy atom. The lowest BCUT2D eigenvalue weighted by Crippen LogP contribution is -2.49. The predicted octanol–water partition coefficient (Wildman–Crippen LogP) is 2.91. The standard InChI is InChI=1S/C20H29FN2O2/c1-22(2)15-20(25)8-6-19(7-9-20)10-12-23(13-11-19)18(24)16-4-3-5-17(21)14-16/h3-5,14,25H,6-13,15H2,1-2H3. The summed E-state index contributed by atoms with van der Waals surface area (Å²) in [5.74, 6) is -0.443. The van der Waals surface area contributed by atoms with Gasteiger partial charge in [0.05, 0.1) is 5.60 Å². The van der Waals surface area contributed by atoms with Crippen molar-refractivity contribution in [1.29, 1.82) is 0 Å². The van der Waals surface area contributed by atoms with Crippen molar-refractivity contribution in [2.75, 3.05) is 33.7 Å². The second-order valence-electron chi connectivity index (χ2n) is 8.26. The van der Waals surface area contributed by atoms with Crippen molar-refractivity contribution in [3.05, 3.63) is 35.6 Å². The number of rotatable bonds is 3. The molecule has 0 bridgehead atoms. The molecule has 0 unspecified atom stereocenters. The lowest BCUT2D eigenvalue weighted by molar-refractivity contribution is -0.0615. The Hall–Kier alpha value is -1.46. The monoisotopic (exact) mass is 348 g/mol. The summed E-state index contributed by atoms with van der Waals surface area (Å²) < 4.78 is 13.3. The van der Waals surface area contributed by atoms with E-state index >= 15 is 0 Å². The molecule has 0 radical (unpaired) electrons. The average Bonchev–Trinajstić information content (AvgIpc) is 2.57. The van der Waals surface area contributed by atoms with Crippen LogP contribution in [0.4, 0.5) is 4.39 Å². The van der Waals surface area contributed by atoms with Gasteiger partial charge in [-0.05, 0) is 76.2 Å². The molecular weight excluding hydrogens is 319 g/mol. The van der Waals surface area contributed by atoms with Crippen molar-refractivity contribution >= 4 is 5.91 Å². The Labute approximate surface area is 149 Å². The normalized spacial score (nSPS) is 22.4. The summed E-state index contributed by atoms with van der Waals surface area (Å²) in [6.45, 7) is 2.16. The van der Waals surface area contributed by atoms with E-state index in [0.29, 0.717) is 12.1 Å². The Balaban J connectivity index is 1.56. The number of benzene rings is 1. The Morgan fingerprint density at radius 2 is 1.80 bits per heavy atom. The zero-order valence-electron chi connectivity index (χ0n) is 15.3. The van der Waals surface area contributed by atoms with Gasteiger partial charge in [-0.1, -0.05) is 6.07 Å². The number of carbonyl (C=O) groups excluding carboxylic acids is 1. The van der Waals surface area contributed by atoms with Crippen molar-refractivity contribution in [2.45, 2.75) is 44.1 Å². The highest BCUT2D eigenvalue weighted by Crippen LogP contribution is 2.47. The number of likely N-dealkylation sites (tertiary alicyclic amines) is 1. The number of hydrogen-bond acceptors (Lipinski definition) is 3. The summed E-state index contributed by atoms with van der Waals surface area (Å²) in [5.41, 5.74) is 0.125. The molecule has 25 heavy (non-hydrogen) atoms. The fraction of sp³-hybridized carbons (Fsp3) is 0.650. The van der Waals surface area contributed by atoms with Crippen molar-refractivity contribution in [3.8, 4) is 0 Å². The van der Waals surface area contributed by atoms with Crippen LogP contribution in [0.2, 0.25) is 0 Å². The largest absolute Gasteiger partial charge is 0.389 e. The van der Waals surface area contributed by atoms with Gasteiger partial charge < -0.3 is 14.9 Å². The van der Waals surface area contributed by atoms with E-state index < -0.39 is 5.60 Å². The summed E-state index contributed by atoms with van der Waals surface area (Å²) in [4.78, 5) is 16.5. The molecule has 1 heterocycles. The van der Waals surface area contributed by atoms with Crippen LogP contribution in [-0.2, 0) is 0 Å². The summed E-state index contributed by atoms with van der Waals surface area (Å²) in [5, 5.41) is 10.7. The number of amides is 1. The van der Waals surface area contributed by atoms with E-state index in [1.807, 2.05) is 19.0 Å². The Bertz CT molecular complexity index is 614. The van der Waals surface area contributed by atoms with Gasteiger partial charge in [-0.15, -0.1) is 0 Å². The first-order valence-electron chi connectivity index (χ1n) is 9.23. The number of carbonyl (C=O) groups is 1. The molecule has 1 amide bonds. The van der Waals surface area contributed by atoms with Crippen LogP contribution >= 0.6 is 0 Å². The smallest absolute Gasteiger partial charge is 0.253 e. The zero-order chi connectivity index (χ0) is 18.1. The molecule has 2 fully saturated rings. The molecule has 0 atom stereocenters. The van der Waals surface area contributed by atoms with E-state index in [4.69, 9.17) is 0 Å². The fourth-order valence-electron chi connectivity index (χ4n) is 4.48. The average molecular weight is 348 g/mol. The number of aliphatic hydroxyl groups is 1. The van der Waals surface area contributed by atoms with Crippen molar-refractivity contribution in [3.63, 3.8) is 0 Å². The molecule has 1 aliphatic heterocycles. The highest BCUT2D eigenvalue weighted by molar-refractivity contribution is 5.94. The minimum Gasteiger partial charge on any atom is -0.389 e. The van der Waals surface area contributed by atoms with E-state index in [1.165, 1.54) is 12.1 Å². The minimum absolute atomic E-state index is 0.0747. The molecule has 5 heteroatoms. The van der Waals surface area contributed by atoms with Crippen LogP contribution in [0.1, 0.15) is 48.9 Å². The van der Waals surface area contributed by atoms with Crippen LogP contribution in [-0.4, -0.2) is 60.1 Å². The number of hydrogen-bond donors (Lipinski definition) is 1. The lowest BCUT2D eigenvalue weighted by atomic mass is 9.64. The quantitative estimate of drug-likeness (QED) is 0.913. The third-order valence-corrected chi connectivity index (χ3v) is 6.03. The van der Waals surface area contributed by atoms with Gasteiger partial charge in [0.25, 0.3) is 5.91 Å². The molecule has 1 saturated carbocycles. The maximum atomic E-state index is 13.3. The molecule has 138 valence electrons. The van der Waals surface area contributed by atoms with Crippen LogP contribution in [0.5, 0.6) is 0 Å². The van der Waals surface area contributed by atoms with Gasteiger partial charge in [0, 0.05) is 25.2 Å². The molecule has 1 aromatic rings. The maximum Gasteiger partial charge on any atom is 0.253 e. The zero-order valence-corrected chi connectivity index (χ0v) is 15.3. The molecule has 1 aliphatic carbocycles. The van der Waals surface area contributed by atoms with Crippen LogP contribution in [0.3, 0.4) is 0 Å². The SMILES string of the molecule is CN(C)CC1(O)CCC2(CCN(C(=O)c3cccc(F)c3)CC2)CC1. The van der Waals surface area contributed by atoms with Crippen LogP contribution in [0.15, 0.2) is 24.3 Å². The summed E-state index contributed by atoms with van der Waals surface area (Å²) in [7, 11) is 4.00. The molecule has 1 N–H and O–H groups in total. The topological polar surface area (TPSA) is 43.8 Å². The fourth-order valence-corrected chi connectivity index (χ4v) is 4.48. The van der Waals surface area contributed by atoms with Gasteiger partial charge in [-0.3, -0.25) is 4.79 Å². The highest BCUT2D eigenvalue weighted by Gasteiger charge is 2.43. The Morgan fingerprint density at radius 3 is 2.36 bits per heavy atom. The summed E-state index contributed by atoms with van der Waals surface area (Å²) >= 11 is 0. The van der Waals surface area contributed by atoms with Gasteiger partial charge >= 0.3 is 0 Å². The Kier molecular flexibility index (Phi) is 5.16. The summed E-state index contributed by atoms with van der Waals surface area (Å²) in [6, 6.07) is 5.94. The molecule has 1 aromatic carbocycles. The van der Waals surface area contributed by atoms with Gasteiger partial charge in [0.2, 0.25) is 0 Å². The molecule has 4 nitrogen and oxygen atoms in total.